The molecule has 0 aromatic heterocycles. The van der Waals surface area contributed by atoms with Gasteiger partial charge in [0.1, 0.15) is 36.6 Å². The lowest BCUT2D eigenvalue weighted by molar-refractivity contribution is 0.0675. The van der Waals surface area contributed by atoms with Crippen molar-refractivity contribution >= 4 is 0 Å². The zero-order valence-electron chi connectivity index (χ0n) is 23.3. The standard InChI is InChI=1S/C36H39NO3/c1-2-19-37-23-28-20-32-33-22-31(39-25-27-11-7-4-8-12-27)17-18-35(33)40-36(34(32)21-28)29-13-15-30(16-14-29)38-24-26-9-5-3-6-10-26/h3-13,15-18,22-23,29,32,34,36-37H,2,14,19-21,24-25H2,1H3/b28-23-/t29?,32-,34-,36-/m0/s1. The van der Waals surface area contributed by atoms with E-state index >= 15 is 0 Å². The van der Waals surface area contributed by atoms with Crippen LogP contribution in [0.5, 0.6) is 11.5 Å². The lowest BCUT2D eigenvalue weighted by Crippen LogP contribution is -2.39. The third-order valence-corrected chi connectivity index (χ3v) is 8.28. The van der Waals surface area contributed by atoms with E-state index in [1.807, 2.05) is 12.1 Å². The van der Waals surface area contributed by atoms with Gasteiger partial charge in [-0.3, -0.25) is 0 Å². The highest BCUT2D eigenvalue weighted by Crippen LogP contribution is 2.53. The Labute approximate surface area is 238 Å². The zero-order valence-corrected chi connectivity index (χ0v) is 23.3. The molecule has 4 atom stereocenters. The predicted molar refractivity (Wildman–Crippen MR) is 160 cm³/mol. The van der Waals surface area contributed by atoms with E-state index in [0.29, 0.717) is 31.0 Å². The Morgan fingerprint density at radius 2 is 1.65 bits per heavy atom. The normalized spacial score (nSPS) is 24.0. The molecule has 4 nitrogen and oxygen atoms in total. The van der Waals surface area contributed by atoms with Gasteiger partial charge in [-0.15, -0.1) is 0 Å². The Balaban J connectivity index is 1.18. The highest BCUT2D eigenvalue weighted by Gasteiger charge is 2.45. The van der Waals surface area contributed by atoms with Crippen molar-refractivity contribution in [3.05, 3.63) is 131 Å². The summed E-state index contributed by atoms with van der Waals surface area (Å²) in [6.07, 6.45) is 13.3. The molecule has 1 saturated carbocycles. The molecular weight excluding hydrogens is 494 g/mol. The number of rotatable bonds is 10. The number of ether oxygens (including phenoxy) is 3. The second-order valence-corrected chi connectivity index (χ2v) is 11.1. The van der Waals surface area contributed by atoms with Crippen LogP contribution in [-0.2, 0) is 18.0 Å². The minimum atomic E-state index is 0.133. The third-order valence-electron chi connectivity index (χ3n) is 8.28. The van der Waals surface area contributed by atoms with Gasteiger partial charge in [0.05, 0.1) is 0 Å². The highest BCUT2D eigenvalue weighted by molar-refractivity contribution is 5.47. The average molecular weight is 534 g/mol. The van der Waals surface area contributed by atoms with E-state index < -0.39 is 0 Å². The summed E-state index contributed by atoms with van der Waals surface area (Å²) in [4.78, 5) is 0. The summed E-state index contributed by atoms with van der Waals surface area (Å²) in [7, 11) is 0. The van der Waals surface area contributed by atoms with E-state index in [1.165, 1.54) is 22.3 Å². The molecule has 2 aliphatic carbocycles. The van der Waals surface area contributed by atoms with Gasteiger partial charge in [0.15, 0.2) is 0 Å². The molecule has 1 fully saturated rings. The maximum atomic E-state index is 6.82. The summed E-state index contributed by atoms with van der Waals surface area (Å²) in [6, 6.07) is 27.1. The second kappa shape index (κ2) is 12.5. The fourth-order valence-electron chi connectivity index (χ4n) is 6.23. The molecule has 0 amide bonds. The lowest BCUT2D eigenvalue weighted by Gasteiger charge is -2.39. The van der Waals surface area contributed by atoms with Crippen molar-refractivity contribution in [2.45, 2.75) is 57.8 Å². The Morgan fingerprint density at radius 3 is 2.35 bits per heavy atom. The van der Waals surface area contributed by atoms with Crippen LogP contribution in [0.2, 0.25) is 0 Å². The van der Waals surface area contributed by atoms with E-state index in [-0.39, 0.29) is 6.10 Å². The molecule has 1 aliphatic heterocycles. The van der Waals surface area contributed by atoms with Crippen molar-refractivity contribution in [3.8, 4) is 11.5 Å². The van der Waals surface area contributed by atoms with E-state index in [4.69, 9.17) is 14.2 Å². The van der Waals surface area contributed by atoms with E-state index in [2.05, 4.69) is 103 Å². The predicted octanol–water partition coefficient (Wildman–Crippen LogP) is 8.08. The summed E-state index contributed by atoms with van der Waals surface area (Å²) in [5.74, 6) is 4.04. The molecular formula is C36H39NO3. The van der Waals surface area contributed by atoms with E-state index in [0.717, 1.165) is 49.5 Å². The summed E-state index contributed by atoms with van der Waals surface area (Å²) >= 11 is 0. The molecule has 0 radical (unpaired) electrons. The number of hydrogen-bond acceptors (Lipinski definition) is 4. The second-order valence-electron chi connectivity index (χ2n) is 11.1. The Kier molecular flexibility index (Phi) is 8.23. The van der Waals surface area contributed by atoms with E-state index in [1.54, 1.807) is 0 Å². The van der Waals surface area contributed by atoms with Gasteiger partial charge in [-0.1, -0.05) is 79.2 Å². The maximum Gasteiger partial charge on any atom is 0.123 e. The Bertz CT molecular complexity index is 1360. The van der Waals surface area contributed by atoms with Gasteiger partial charge in [-0.25, -0.2) is 0 Å². The third kappa shape index (κ3) is 6.12. The SMILES string of the molecule is CCCN/C=C1\C[C@H]2[C@@H](C1)c1cc(OCc3ccccc3)ccc1O[C@H]2C1C=CC(OCc2ccccc2)=CC1. The first-order valence-electron chi connectivity index (χ1n) is 14.7. The smallest absolute Gasteiger partial charge is 0.123 e. The molecule has 4 heteroatoms. The molecule has 3 aromatic rings. The quantitative estimate of drug-likeness (QED) is 0.267. The van der Waals surface area contributed by atoms with Gasteiger partial charge in [0.2, 0.25) is 0 Å². The zero-order chi connectivity index (χ0) is 27.1. The molecule has 1 unspecified atom stereocenters. The minimum Gasteiger partial charge on any atom is -0.489 e. The lowest BCUT2D eigenvalue weighted by atomic mass is 9.76. The number of hydrogen-bond donors (Lipinski definition) is 1. The van der Waals surface area contributed by atoms with Crippen molar-refractivity contribution in [1.29, 1.82) is 0 Å². The van der Waals surface area contributed by atoms with Gasteiger partial charge in [-0.05, 0) is 79.3 Å². The molecule has 0 spiro atoms. The molecule has 3 aliphatic rings. The van der Waals surface area contributed by atoms with Crippen LogP contribution in [0.15, 0.2) is 115 Å². The largest absolute Gasteiger partial charge is 0.489 e. The van der Waals surface area contributed by atoms with Crippen LogP contribution in [-0.4, -0.2) is 12.6 Å². The van der Waals surface area contributed by atoms with Crippen LogP contribution in [0.1, 0.15) is 55.2 Å². The van der Waals surface area contributed by atoms with Crippen molar-refractivity contribution in [3.63, 3.8) is 0 Å². The summed E-state index contributed by atoms with van der Waals surface area (Å²) < 4.78 is 19.1. The van der Waals surface area contributed by atoms with Crippen LogP contribution >= 0.6 is 0 Å². The monoisotopic (exact) mass is 533 g/mol. The average Bonchev–Trinajstić information content (AvgIpc) is 3.44. The Morgan fingerprint density at radius 1 is 0.900 bits per heavy atom. The first-order valence-corrected chi connectivity index (χ1v) is 14.7. The molecule has 6 rings (SSSR count). The number of nitrogens with one attached hydrogen (secondary N) is 1. The van der Waals surface area contributed by atoms with Gasteiger partial charge in [0.25, 0.3) is 0 Å². The first-order chi connectivity index (χ1) is 19.8. The molecule has 0 bridgehead atoms. The summed E-state index contributed by atoms with van der Waals surface area (Å²) in [5, 5.41) is 3.52. The van der Waals surface area contributed by atoms with Gasteiger partial charge in [0, 0.05) is 23.9 Å². The van der Waals surface area contributed by atoms with Crippen molar-refractivity contribution in [1.82, 2.24) is 5.32 Å². The van der Waals surface area contributed by atoms with Crippen LogP contribution in [0.4, 0.5) is 0 Å². The fourth-order valence-corrected chi connectivity index (χ4v) is 6.23. The van der Waals surface area contributed by atoms with Crippen molar-refractivity contribution in [2.75, 3.05) is 6.54 Å². The van der Waals surface area contributed by atoms with Gasteiger partial charge < -0.3 is 19.5 Å². The Hall–Kier alpha value is -3.92. The van der Waals surface area contributed by atoms with Crippen molar-refractivity contribution < 1.29 is 14.2 Å². The highest BCUT2D eigenvalue weighted by atomic mass is 16.5. The molecule has 1 heterocycles. The maximum absolute atomic E-state index is 6.82. The molecule has 206 valence electrons. The summed E-state index contributed by atoms with van der Waals surface area (Å²) in [5.41, 5.74) is 5.13. The van der Waals surface area contributed by atoms with Crippen LogP contribution in [0, 0.1) is 11.8 Å². The van der Waals surface area contributed by atoms with Crippen molar-refractivity contribution in [2.24, 2.45) is 11.8 Å². The summed E-state index contributed by atoms with van der Waals surface area (Å²) in [6.45, 7) is 4.37. The fraction of sp³-hybridized carbons (Fsp3) is 0.333. The molecule has 1 N–H and O–H groups in total. The number of benzene rings is 3. The number of fused-ring (bicyclic) bond motifs is 3. The van der Waals surface area contributed by atoms with Crippen LogP contribution in [0.25, 0.3) is 0 Å². The number of allylic oxidation sites excluding steroid dienone is 3. The first kappa shape index (κ1) is 26.3. The molecule has 0 saturated heterocycles. The van der Waals surface area contributed by atoms with Crippen LogP contribution < -0.4 is 14.8 Å². The molecule has 40 heavy (non-hydrogen) atoms. The topological polar surface area (TPSA) is 39.7 Å². The van der Waals surface area contributed by atoms with E-state index in [9.17, 15) is 0 Å². The molecule has 3 aromatic carbocycles. The minimum absolute atomic E-state index is 0.133. The van der Waals surface area contributed by atoms with Crippen LogP contribution in [0.3, 0.4) is 0 Å². The van der Waals surface area contributed by atoms with Gasteiger partial charge >= 0.3 is 0 Å². The van der Waals surface area contributed by atoms with Gasteiger partial charge in [-0.2, -0.15) is 0 Å².